The fraction of sp³-hybridized carbons (Fsp3) is 0.273. The van der Waals surface area contributed by atoms with Crippen LogP contribution >= 0.6 is 0 Å². The van der Waals surface area contributed by atoms with Gasteiger partial charge in [-0.2, -0.15) is 0 Å². The van der Waals surface area contributed by atoms with Gasteiger partial charge in [0, 0.05) is 16.6 Å². The zero-order valence-electron chi connectivity index (χ0n) is 8.07. The summed E-state index contributed by atoms with van der Waals surface area (Å²) in [6.07, 6.45) is -2.42. The van der Waals surface area contributed by atoms with Crippen LogP contribution in [0, 0.1) is 13.8 Å². The first-order valence-corrected chi connectivity index (χ1v) is 4.47. The lowest BCUT2D eigenvalue weighted by Gasteiger charge is -2.00. The van der Waals surface area contributed by atoms with Crippen molar-refractivity contribution in [2.24, 2.45) is 0 Å². The Labute approximate surface area is 80.7 Å². The Morgan fingerprint density at radius 3 is 2.57 bits per heavy atom. The van der Waals surface area contributed by atoms with Gasteiger partial charge in [0.2, 0.25) is 0 Å². The zero-order chi connectivity index (χ0) is 10.3. The SMILES string of the molecule is Cc1[nH]c2c(C(F)F)cccc2c1C. The van der Waals surface area contributed by atoms with Crippen molar-refractivity contribution in [1.82, 2.24) is 4.98 Å². The Balaban J connectivity index is 2.81. The van der Waals surface area contributed by atoms with Gasteiger partial charge in [-0.15, -0.1) is 0 Å². The Hall–Kier alpha value is -1.38. The molecule has 1 aromatic carbocycles. The summed E-state index contributed by atoms with van der Waals surface area (Å²) in [7, 11) is 0. The lowest BCUT2D eigenvalue weighted by molar-refractivity contribution is 0.153. The Kier molecular flexibility index (Phi) is 2.02. The summed E-state index contributed by atoms with van der Waals surface area (Å²) in [6, 6.07) is 4.99. The predicted molar refractivity (Wildman–Crippen MR) is 52.7 cm³/mol. The third-order valence-electron chi connectivity index (χ3n) is 2.61. The second-order valence-corrected chi connectivity index (χ2v) is 3.45. The van der Waals surface area contributed by atoms with Crippen LogP contribution in [0.4, 0.5) is 8.78 Å². The lowest BCUT2D eigenvalue weighted by Crippen LogP contribution is -1.85. The third-order valence-corrected chi connectivity index (χ3v) is 2.61. The molecule has 0 unspecified atom stereocenters. The average molecular weight is 195 g/mol. The first-order valence-electron chi connectivity index (χ1n) is 4.47. The van der Waals surface area contributed by atoms with E-state index in [0.717, 1.165) is 16.6 Å². The van der Waals surface area contributed by atoms with E-state index in [0.29, 0.717) is 5.52 Å². The van der Waals surface area contributed by atoms with Crippen molar-refractivity contribution in [2.45, 2.75) is 20.3 Å². The highest BCUT2D eigenvalue weighted by Crippen LogP contribution is 2.29. The summed E-state index contributed by atoms with van der Waals surface area (Å²) in [5, 5.41) is 0.889. The monoisotopic (exact) mass is 195 g/mol. The maximum atomic E-state index is 12.6. The number of benzene rings is 1. The fourth-order valence-electron chi connectivity index (χ4n) is 1.69. The van der Waals surface area contributed by atoms with E-state index in [1.165, 1.54) is 6.07 Å². The van der Waals surface area contributed by atoms with Gasteiger partial charge in [0.15, 0.2) is 0 Å². The van der Waals surface area contributed by atoms with Crippen molar-refractivity contribution < 1.29 is 8.78 Å². The van der Waals surface area contributed by atoms with E-state index < -0.39 is 6.43 Å². The van der Waals surface area contributed by atoms with Crippen LogP contribution in [0.3, 0.4) is 0 Å². The summed E-state index contributed by atoms with van der Waals surface area (Å²) >= 11 is 0. The molecule has 1 nitrogen and oxygen atoms in total. The second kappa shape index (κ2) is 3.08. The van der Waals surface area contributed by atoms with Crippen molar-refractivity contribution in [3.8, 4) is 0 Å². The quantitative estimate of drug-likeness (QED) is 0.713. The van der Waals surface area contributed by atoms with Crippen molar-refractivity contribution in [3.63, 3.8) is 0 Å². The van der Waals surface area contributed by atoms with E-state index in [4.69, 9.17) is 0 Å². The summed E-state index contributed by atoms with van der Waals surface area (Å²) in [6.45, 7) is 3.83. The van der Waals surface area contributed by atoms with Crippen LogP contribution in [0.25, 0.3) is 10.9 Å². The molecule has 0 saturated heterocycles. The van der Waals surface area contributed by atoms with Gasteiger partial charge in [-0.25, -0.2) is 8.78 Å². The van der Waals surface area contributed by atoms with E-state index in [1.54, 1.807) is 6.07 Å². The molecule has 0 saturated carbocycles. The molecule has 1 N–H and O–H groups in total. The molecule has 2 rings (SSSR count). The van der Waals surface area contributed by atoms with Gasteiger partial charge < -0.3 is 4.98 Å². The Morgan fingerprint density at radius 2 is 1.93 bits per heavy atom. The smallest absolute Gasteiger partial charge is 0.265 e. The summed E-state index contributed by atoms with van der Waals surface area (Å²) < 4.78 is 25.2. The number of hydrogen-bond acceptors (Lipinski definition) is 0. The molecule has 0 aliphatic heterocycles. The molecule has 14 heavy (non-hydrogen) atoms. The Morgan fingerprint density at radius 1 is 1.21 bits per heavy atom. The molecule has 1 heterocycles. The number of fused-ring (bicyclic) bond motifs is 1. The number of aryl methyl sites for hydroxylation is 2. The van der Waals surface area contributed by atoms with Gasteiger partial charge in [0.05, 0.1) is 5.52 Å². The molecular formula is C11H11F2N. The third kappa shape index (κ3) is 1.20. The normalized spacial score (nSPS) is 11.5. The Bertz CT molecular complexity index is 471. The molecule has 0 bridgehead atoms. The van der Waals surface area contributed by atoms with Crippen molar-refractivity contribution >= 4 is 10.9 Å². The summed E-state index contributed by atoms with van der Waals surface area (Å²) in [5.74, 6) is 0. The molecule has 0 radical (unpaired) electrons. The second-order valence-electron chi connectivity index (χ2n) is 3.45. The van der Waals surface area contributed by atoms with E-state index in [9.17, 15) is 8.78 Å². The minimum Gasteiger partial charge on any atom is -0.358 e. The number of hydrogen-bond donors (Lipinski definition) is 1. The fourth-order valence-corrected chi connectivity index (χ4v) is 1.69. The molecule has 0 amide bonds. The number of H-pyrrole nitrogens is 1. The van der Waals surface area contributed by atoms with Gasteiger partial charge in [0.25, 0.3) is 6.43 Å². The highest BCUT2D eigenvalue weighted by Gasteiger charge is 2.14. The van der Waals surface area contributed by atoms with E-state index in [1.807, 2.05) is 19.9 Å². The number of rotatable bonds is 1. The van der Waals surface area contributed by atoms with Gasteiger partial charge >= 0.3 is 0 Å². The molecule has 74 valence electrons. The van der Waals surface area contributed by atoms with E-state index in [-0.39, 0.29) is 5.56 Å². The molecule has 0 atom stereocenters. The topological polar surface area (TPSA) is 15.8 Å². The van der Waals surface area contributed by atoms with Crippen LogP contribution in [0.5, 0.6) is 0 Å². The number of alkyl halides is 2. The first kappa shape index (κ1) is 9.19. The largest absolute Gasteiger partial charge is 0.358 e. The van der Waals surface area contributed by atoms with Crippen LogP contribution in [0.1, 0.15) is 23.2 Å². The molecule has 0 spiro atoms. The molecule has 3 heteroatoms. The van der Waals surface area contributed by atoms with Crippen molar-refractivity contribution in [3.05, 3.63) is 35.0 Å². The molecule has 0 aliphatic carbocycles. The minimum atomic E-state index is -2.42. The van der Waals surface area contributed by atoms with Crippen LogP contribution in [0.2, 0.25) is 0 Å². The van der Waals surface area contributed by atoms with Gasteiger partial charge in [-0.05, 0) is 19.4 Å². The first-order chi connectivity index (χ1) is 6.61. The van der Waals surface area contributed by atoms with E-state index >= 15 is 0 Å². The number of nitrogens with one attached hydrogen (secondary N) is 1. The predicted octanol–water partition coefficient (Wildman–Crippen LogP) is 3.72. The highest BCUT2D eigenvalue weighted by molar-refractivity contribution is 5.87. The van der Waals surface area contributed by atoms with E-state index in [2.05, 4.69) is 4.98 Å². The highest BCUT2D eigenvalue weighted by atomic mass is 19.3. The average Bonchev–Trinajstić information content (AvgIpc) is 2.43. The summed E-state index contributed by atoms with van der Waals surface area (Å²) in [4.78, 5) is 3.00. The lowest BCUT2D eigenvalue weighted by atomic mass is 10.1. The maximum absolute atomic E-state index is 12.6. The molecule has 2 aromatic rings. The number of aromatic nitrogens is 1. The van der Waals surface area contributed by atoms with Gasteiger partial charge in [0.1, 0.15) is 0 Å². The minimum absolute atomic E-state index is 0.0821. The van der Waals surface area contributed by atoms with Crippen molar-refractivity contribution in [1.29, 1.82) is 0 Å². The maximum Gasteiger partial charge on any atom is 0.265 e. The standard InChI is InChI=1S/C11H11F2N/c1-6-7(2)14-10-8(6)4-3-5-9(10)11(12)13/h3-5,11,14H,1-2H3. The van der Waals surface area contributed by atoms with Gasteiger partial charge in [-0.3, -0.25) is 0 Å². The number of halogens is 2. The molecular weight excluding hydrogens is 184 g/mol. The molecule has 0 fully saturated rings. The van der Waals surface area contributed by atoms with Crippen molar-refractivity contribution in [2.75, 3.05) is 0 Å². The summed E-state index contributed by atoms with van der Waals surface area (Å²) in [5.41, 5.74) is 2.65. The van der Waals surface area contributed by atoms with Crippen LogP contribution in [-0.2, 0) is 0 Å². The van der Waals surface area contributed by atoms with Crippen LogP contribution in [0.15, 0.2) is 18.2 Å². The zero-order valence-corrected chi connectivity index (χ0v) is 8.07. The van der Waals surface area contributed by atoms with Crippen LogP contribution < -0.4 is 0 Å². The number of aromatic amines is 1. The van der Waals surface area contributed by atoms with Crippen LogP contribution in [-0.4, -0.2) is 4.98 Å². The number of para-hydroxylation sites is 1. The van der Waals surface area contributed by atoms with Gasteiger partial charge in [-0.1, -0.05) is 18.2 Å². The molecule has 1 aromatic heterocycles. The molecule has 0 aliphatic rings.